The molecule has 1 unspecified atom stereocenters. The van der Waals surface area contributed by atoms with Crippen molar-refractivity contribution in [1.82, 2.24) is 4.98 Å². The Balaban J connectivity index is 2.62. The molecule has 1 atom stereocenters. The highest BCUT2D eigenvalue weighted by Crippen LogP contribution is 2.24. The number of nitrogens with zero attached hydrogens (tertiary/aromatic N) is 1. The molecule has 2 aromatic rings. The number of rotatable bonds is 2. The van der Waals surface area contributed by atoms with E-state index in [-0.39, 0.29) is 6.04 Å². The molecule has 17 heavy (non-hydrogen) atoms. The number of fused-ring (bicyclic) bond motifs is 1. The van der Waals surface area contributed by atoms with Crippen LogP contribution in [0.15, 0.2) is 36.7 Å². The Morgan fingerprint density at radius 3 is 2.76 bits per heavy atom. The van der Waals surface area contributed by atoms with Gasteiger partial charge in [0.05, 0.1) is 5.52 Å². The molecule has 0 saturated carbocycles. The lowest BCUT2D eigenvalue weighted by Crippen LogP contribution is -2.18. The second kappa shape index (κ2) is 4.43. The second-order valence-electron chi connectivity index (χ2n) is 4.04. The quantitative estimate of drug-likeness (QED) is 0.725. The number of pyridine rings is 1. The van der Waals surface area contributed by atoms with Gasteiger partial charge in [-0.25, -0.2) is 0 Å². The van der Waals surface area contributed by atoms with Crippen molar-refractivity contribution in [3.05, 3.63) is 42.2 Å². The van der Waals surface area contributed by atoms with Crippen LogP contribution in [0.4, 0.5) is 5.69 Å². The lowest BCUT2D eigenvalue weighted by molar-refractivity contribution is 0.944. The third-order valence-electron chi connectivity index (χ3n) is 2.78. The monoisotopic (exact) mass is 228 g/mol. The highest BCUT2D eigenvalue weighted by Gasteiger charge is 2.08. The summed E-state index contributed by atoms with van der Waals surface area (Å²) in [6.45, 7) is 1.90. The largest absolute Gasteiger partial charge is 0.404 e. The molecule has 0 spiro atoms. The molecule has 1 aromatic carbocycles. The maximum atomic E-state index is 5.92. The summed E-state index contributed by atoms with van der Waals surface area (Å²) in [6.07, 6.45) is 3.24. The van der Waals surface area contributed by atoms with Gasteiger partial charge in [-0.1, -0.05) is 6.07 Å². The first-order valence-electron chi connectivity index (χ1n) is 5.45. The normalized spacial score (nSPS) is 13.9. The number of nitrogen functional groups attached to an aromatic ring is 1. The van der Waals surface area contributed by atoms with Crippen LogP contribution in [0.1, 0.15) is 12.5 Å². The van der Waals surface area contributed by atoms with Gasteiger partial charge in [-0.15, -0.1) is 0 Å². The first-order chi connectivity index (χ1) is 8.13. The second-order valence-corrected chi connectivity index (χ2v) is 4.04. The predicted molar refractivity (Wildman–Crippen MR) is 72.0 cm³/mol. The van der Waals surface area contributed by atoms with Crippen LogP contribution in [0.3, 0.4) is 0 Å². The van der Waals surface area contributed by atoms with E-state index in [4.69, 9.17) is 17.2 Å². The first-order valence-corrected chi connectivity index (χ1v) is 5.45. The van der Waals surface area contributed by atoms with Crippen LogP contribution in [-0.4, -0.2) is 11.0 Å². The maximum Gasteiger partial charge on any atom is 0.0723 e. The Morgan fingerprint density at radius 1 is 1.35 bits per heavy atom. The van der Waals surface area contributed by atoms with Crippen LogP contribution < -0.4 is 17.2 Å². The number of hydrogen-bond donors (Lipinski definition) is 3. The van der Waals surface area contributed by atoms with Crippen LogP contribution in [0, 0.1) is 0 Å². The summed E-state index contributed by atoms with van der Waals surface area (Å²) < 4.78 is 0. The topological polar surface area (TPSA) is 91.0 Å². The van der Waals surface area contributed by atoms with Crippen molar-refractivity contribution in [1.29, 1.82) is 0 Å². The molecule has 88 valence electrons. The van der Waals surface area contributed by atoms with Gasteiger partial charge in [-0.05, 0) is 42.5 Å². The van der Waals surface area contributed by atoms with Crippen molar-refractivity contribution >= 4 is 22.2 Å². The molecule has 4 heteroatoms. The van der Waals surface area contributed by atoms with Crippen molar-refractivity contribution in [3.63, 3.8) is 0 Å². The van der Waals surface area contributed by atoms with E-state index in [1.807, 2.05) is 25.1 Å². The molecule has 0 aliphatic rings. The molecular formula is C13H16N4. The first kappa shape index (κ1) is 11.4. The highest BCUT2D eigenvalue weighted by atomic mass is 14.7. The fourth-order valence-electron chi connectivity index (χ4n) is 1.86. The number of hydrogen-bond acceptors (Lipinski definition) is 4. The van der Waals surface area contributed by atoms with Gasteiger partial charge in [0.2, 0.25) is 0 Å². The van der Waals surface area contributed by atoms with Crippen molar-refractivity contribution in [2.45, 2.75) is 13.0 Å². The van der Waals surface area contributed by atoms with E-state index in [2.05, 4.69) is 4.98 Å². The fourth-order valence-corrected chi connectivity index (χ4v) is 1.86. The predicted octanol–water partition coefficient (Wildman–Crippen LogP) is 1.46. The molecule has 0 radical (unpaired) electrons. The minimum atomic E-state index is -0.115. The van der Waals surface area contributed by atoms with E-state index in [0.717, 1.165) is 22.0 Å². The van der Waals surface area contributed by atoms with Crippen LogP contribution in [-0.2, 0) is 0 Å². The molecule has 0 fully saturated rings. The average molecular weight is 228 g/mol. The van der Waals surface area contributed by atoms with Gasteiger partial charge in [0.1, 0.15) is 0 Å². The zero-order chi connectivity index (χ0) is 12.4. The van der Waals surface area contributed by atoms with Gasteiger partial charge >= 0.3 is 0 Å². The van der Waals surface area contributed by atoms with Crippen LogP contribution in [0.5, 0.6) is 0 Å². The van der Waals surface area contributed by atoms with E-state index in [1.54, 1.807) is 18.5 Å². The molecule has 4 nitrogen and oxygen atoms in total. The number of aromatic nitrogens is 1. The van der Waals surface area contributed by atoms with E-state index >= 15 is 0 Å². The molecule has 2 rings (SSSR count). The molecule has 0 bridgehead atoms. The number of anilines is 1. The number of benzene rings is 1. The summed E-state index contributed by atoms with van der Waals surface area (Å²) in [4.78, 5) is 4.25. The van der Waals surface area contributed by atoms with Gasteiger partial charge < -0.3 is 17.2 Å². The molecule has 0 amide bonds. The summed E-state index contributed by atoms with van der Waals surface area (Å²) in [5.74, 6) is 0. The zero-order valence-corrected chi connectivity index (χ0v) is 9.72. The minimum absolute atomic E-state index is 0.115. The van der Waals surface area contributed by atoms with Gasteiger partial charge in [-0.2, -0.15) is 0 Å². The Morgan fingerprint density at radius 2 is 2.12 bits per heavy atom. The van der Waals surface area contributed by atoms with Crippen LogP contribution in [0.25, 0.3) is 16.5 Å². The molecule has 0 aliphatic heterocycles. The number of nitrogens with two attached hydrogens (primary N) is 3. The van der Waals surface area contributed by atoms with Crippen LogP contribution in [0.2, 0.25) is 0 Å². The third kappa shape index (κ3) is 2.07. The zero-order valence-electron chi connectivity index (χ0n) is 9.72. The molecule has 0 aliphatic carbocycles. The Kier molecular flexibility index (Phi) is 2.97. The molecule has 6 N–H and O–H groups in total. The summed E-state index contributed by atoms with van der Waals surface area (Å²) in [6, 6.07) is 7.52. The van der Waals surface area contributed by atoms with Crippen LogP contribution >= 0.6 is 0 Å². The molecule has 0 saturated heterocycles. The van der Waals surface area contributed by atoms with Crippen molar-refractivity contribution in [3.8, 4) is 0 Å². The highest BCUT2D eigenvalue weighted by molar-refractivity contribution is 5.92. The lowest BCUT2D eigenvalue weighted by atomic mass is 9.99. The SMILES string of the molecule is CC(N)/C(=C\N)c1ccc2nccc(N)c2c1. The average Bonchev–Trinajstić information content (AvgIpc) is 2.30. The Hall–Kier alpha value is -2.07. The fraction of sp³-hybridized carbons (Fsp3) is 0.154. The maximum absolute atomic E-state index is 5.92. The van der Waals surface area contributed by atoms with Crippen molar-refractivity contribution < 1.29 is 0 Å². The lowest BCUT2D eigenvalue weighted by Gasteiger charge is -2.12. The summed E-state index contributed by atoms with van der Waals surface area (Å²) in [5.41, 5.74) is 20.8. The minimum Gasteiger partial charge on any atom is -0.404 e. The van der Waals surface area contributed by atoms with Crippen molar-refractivity contribution in [2.75, 3.05) is 5.73 Å². The Labute approximate surface area is 100 Å². The Bertz CT molecular complexity index is 573. The van der Waals surface area contributed by atoms with E-state index in [0.29, 0.717) is 5.69 Å². The van der Waals surface area contributed by atoms with E-state index in [9.17, 15) is 0 Å². The third-order valence-corrected chi connectivity index (χ3v) is 2.78. The van der Waals surface area contributed by atoms with Gasteiger partial charge in [-0.3, -0.25) is 4.98 Å². The molecule has 1 heterocycles. The standard InChI is InChI=1S/C13H16N4/c1-8(15)11(7-14)9-2-3-13-10(6-9)12(16)4-5-17-13/h2-8H,14-15H2,1H3,(H2,16,17)/b11-7+. The van der Waals surface area contributed by atoms with Gasteiger partial charge in [0.25, 0.3) is 0 Å². The smallest absolute Gasteiger partial charge is 0.0723 e. The summed E-state index contributed by atoms with van der Waals surface area (Å²) in [7, 11) is 0. The summed E-state index contributed by atoms with van der Waals surface area (Å²) >= 11 is 0. The van der Waals surface area contributed by atoms with Crippen molar-refractivity contribution in [2.24, 2.45) is 11.5 Å². The van der Waals surface area contributed by atoms with Gasteiger partial charge in [0, 0.05) is 23.3 Å². The van der Waals surface area contributed by atoms with Gasteiger partial charge in [0.15, 0.2) is 0 Å². The summed E-state index contributed by atoms with van der Waals surface area (Å²) in [5, 5.41) is 0.921. The van der Waals surface area contributed by atoms with E-state index in [1.165, 1.54) is 0 Å². The molecule has 1 aromatic heterocycles. The van der Waals surface area contributed by atoms with E-state index < -0.39 is 0 Å². The molecular weight excluding hydrogens is 212 g/mol.